The number of benzene rings is 2. The zero-order chi connectivity index (χ0) is 17.2. The molecule has 126 valence electrons. The van der Waals surface area contributed by atoms with Crippen molar-refractivity contribution in [2.75, 3.05) is 18.4 Å². The maximum absolute atomic E-state index is 12.2. The topological polar surface area (TPSA) is 93.7 Å². The van der Waals surface area contributed by atoms with Gasteiger partial charge in [0.25, 0.3) is 5.91 Å². The molecular formula is C17H20N3O3S+. The number of rotatable bonds is 4. The molecule has 1 amide bonds. The molecule has 0 saturated heterocycles. The fourth-order valence-corrected chi connectivity index (χ4v) is 3.47. The van der Waals surface area contributed by atoms with E-state index in [1.54, 1.807) is 12.1 Å². The van der Waals surface area contributed by atoms with E-state index in [9.17, 15) is 13.2 Å². The zero-order valence-electron chi connectivity index (χ0n) is 13.2. The Morgan fingerprint density at radius 3 is 2.42 bits per heavy atom. The predicted molar refractivity (Wildman–Crippen MR) is 91.0 cm³/mol. The summed E-state index contributed by atoms with van der Waals surface area (Å²) in [6, 6.07) is 14.2. The highest BCUT2D eigenvalue weighted by molar-refractivity contribution is 7.89. The van der Waals surface area contributed by atoms with Crippen molar-refractivity contribution >= 4 is 21.6 Å². The molecule has 0 radical (unpaired) electrons. The number of anilines is 1. The summed E-state index contributed by atoms with van der Waals surface area (Å²) < 4.78 is 22.4. The number of fused-ring (bicyclic) bond motifs is 1. The summed E-state index contributed by atoms with van der Waals surface area (Å²) >= 11 is 0. The predicted octanol–water partition coefficient (Wildman–Crippen LogP) is -0.0863. The Morgan fingerprint density at radius 1 is 1.08 bits per heavy atom. The molecule has 7 heteroatoms. The molecule has 6 nitrogen and oxygen atoms in total. The Hall–Kier alpha value is -2.22. The maximum atomic E-state index is 12.2. The maximum Gasteiger partial charge on any atom is 0.279 e. The van der Waals surface area contributed by atoms with Crippen molar-refractivity contribution in [3.8, 4) is 0 Å². The molecule has 4 N–H and O–H groups in total. The Bertz CT molecular complexity index is 848. The van der Waals surface area contributed by atoms with E-state index >= 15 is 0 Å². The van der Waals surface area contributed by atoms with Crippen molar-refractivity contribution in [2.45, 2.75) is 17.9 Å². The van der Waals surface area contributed by atoms with Gasteiger partial charge in [0.1, 0.15) is 6.54 Å². The summed E-state index contributed by atoms with van der Waals surface area (Å²) in [4.78, 5) is 13.4. The molecule has 0 aromatic heterocycles. The molecule has 2 aromatic rings. The summed E-state index contributed by atoms with van der Waals surface area (Å²) in [6.45, 7) is 2.15. The Kier molecular flexibility index (Phi) is 4.66. The second-order valence-corrected chi connectivity index (χ2v) is 7.55. The van der Waals surface area contributed by atoms with Crippen molar-refractivity contribution in [2.24, 2.45) is 5.14 Å². The third-order valence-corrected chi connectivity index (χ3v) is 5.11. The number of hydrogen-bond acceptors (Lipinski definition) is 3. The van der Waals surface area contributed by atoms with Gasteiger partial charge >= 0.3 is 0 Å². The van der Waals surface area contributed by atoms with Gasteiger partial charge in [-0.2, -0.15) is 0 Å². The molecule has 0 aliphatic carbocycles. The molecule has 2 aromatic carbocycles. The van der Waals surface area contributed by atoms with E-state index in [0.29, 0.717) is 12.2 Å². The van der Waals surface area contributed by atoms with Crippen molar-refractivity contribution in [1.29, 1.82) is 0 Å². The number of carbonyl (C=O) groups excluding carboxylic acids is 1. The van der Waals surface area contributed by atoms with E-state index in [-0.39, 0.29) is 10.8 Å². The number of hydrogen-bond donors (Lipinski definition) is 3. The fourth-order valence-electron chi connectivity index (χ4n) is 2.95. The van der Waals surface area contributed by atoms with Crippen LogP contribution in [0.3, 0.4) is 0 Å². The second kappa shape index (κ2) is 6.72. The van der Waals surface area contributed by atoms with E-state index in [1.165, 1.54) is 28.2 Å². The molecule has 1 aliphatic rings. The number of nitrogens with two attached hydrogens (primary N) is 1. The first kappa shape index (κ1) is 16.6. The van der Waals surface area contributed by atoms with Crippen molar-refractivity contribution < 1.29 is 18.1 Å². The van der Waals surface area contributed by atoms with Crippen LogP contribution in [0.5, 0.6) is 0 Å². The van der Waals surface area contributed by atoms with Crippen LogP contribution in [0.2, 0.25) is 0 Å². The van der Waals surface area contributed by atoms with Crippen LogP contribution >= 0.6 is 0 Å². The lowest BCUT2D eigenvalue weighted by molar-refractivity contribution is -0.907. The van der Waals surface area contributed by atoms with Gasteiger partial charge in [-0.15, -0.1) is 0 Å². The lowest BCUT2D eigenvalue weighted by Crippen LogP contribution is -3.12. The minimum Gasteiger partial charge on any atom is -0.323 e. The fraction of sp³-hybridized carbons (Fsp3) is 0.235. The van der Waals surface area contributed by atoms with Gasteiger partial charge in [-0.05, 0) is 29.8 Å². The van der Waals surface area contributed by atoms with E-state index < -0.39 is 10.0 Å². The highest BCUT2D eigenvalue weighted by Gasteiger charge is 2.21. The molecule has 0 saturated carbocycles. The smallest absolute Gasteiger partial charge is 0.279 e. The summed E-state index contributed by atoms with van der Waals surface area (Å²) in [5.74, 6) is -0.0901. The van der Waals surface area contributed by atoms with E-state index in [1.807, 2.05) is 12.1 Å². The monoisotopic (exact) mass is 346 g/mol. The minimum absolute atomic E-state index is 0.0266. The molecular weight excluding hydrogens is 326 g/mol. The number of carbonyl (C=O) groups is 1. The van der Waals surface area contributed by atoms with Gasteiger partial charge in [0.05, 0.1) is 11.4 Å². The number of quaternary nitrogens is 1. The van der Waals surface area contributed by atoms with Crippen LogP contribution in [0.25, 0.3) is 0 Å². The largest absolute Gasteiger partial charge is 0.323 e. The minimum atomic E-state index is -3.72. The molecule has 1 aliphatic heterocycles. The summed E-state index contributed by atoms with van der Waals surface area (Å²) in [5.41, 5.74) is 3.22. The highest BCUT2D eigenvalue weighted by atomic mass is 32.2. The van der Waals surface area contributed by atoms with Gasteiger partial charge in [-0.25, -0.2) is 13.6 Å². The van der Waals surface area contributed by atoms with E-state index in [4.69, 9.17) is 5.14 Å². The van der Waals surface area contributed by atoms with Gasteiger partial charge < -0.3 is 10.2 Å². The first-order valence-corrected chi connectivity index (χ1v) is 9.29. The van der Waals surface area contributed by atoms with Gasteiger partial charge in [0, 0.05) is 17.7 Å². The molecule has 0 bridgehead atoms. The quantitative estimate of drug-likeness (QED) is 0.722. The number of primary sulfonamides is 1. The van der Waals surface area contributed by atoms with Crippen LogP contribution in [0, 0.1) is 0 Å². The Morgan fingerprint density at radius 2 is 1.75 bits per heavy atom. The standard InChI is InChI=1S/C17H19N3O3S/c18-24(22,23)16-7-5-15(6-8-16)19-17(21)12-20-10-9-13-3-1-2-4-14(13)11-20/h1-8H,9-12H2,(H,19,21)(H2,18,22,23)/p+1. The lowest BCUT2D eigenvalue weighted by Gasteiger charge is -2.25. The van der Waals surface area contributed by atoms with Crippen LogP contribution in [0.15, 0.2) is 53.4 Å². The molecule has 3 rings (SSSR count). The molecule has 24 heavy (non-hydrogen) atoms. The number of nitrogens with one attached hydrogen (secondary N) is 2. The zero-order valence-corrected chi connectivity index (χ0v) is 14.0. The van der Waals surface area contributed by atoms with E-state index in [0.717, 1.165) is 19.5 Å². The normalized spacial score (nSPS) is 17.1. The average Bonchev–Trinajstić information content (AvgIpc) is 2.54. The summed E-state index contributed by atoms with van der Waals surface area (Å²) in [5, 5.41) is 7.85. The first-order chi connectivity index (χ1) is 11.4. The Labute approximate surface area is 141 Å². The van der Waals surface area contributed by atoms with Gasteiger partial charge in [0.15, 0.2) is 6.54 Å². The van der Waals surface area contributed by atoms with Gasteiger partial charge in [-0.1, -0.05) is 24.3 Å². The molecule has 0 spiro atoms. The van der Waals surface area contributed by atoms with Gasteiger partial charge in [-0.3, -0.25) is 4.79 Å². The number of amides is 1. The van der Waals surface area contributed by atoms with Crippen molar-refractivity contribution in [3.63, 3.8) is 0 Å². The summed E-state index contributed by atoms with van der Waals surface area (Å²) in [6.07, 6.45) is 0.974. The van der Waals surface area contributed by atoms with Crippen LogP contribution in [0.4, 0.5) is 5.69 Å². The third kappa shape index (κ3) is 4.00. The Balaban J connectivity index is 1.58. The average molecular weight is 346 g/mol. The molecule has 1 atom stereocenters. The summed E-state index contributed by atoms with van der Waals surface area (Å²) in [7, 11) is -3.72. The van der Waals surface area contributed by atoms with Crippen LogP contribution in [-0.4, -0.2) is 27.4 Å². The van der Waals surface area contributed by atoms with E-state index in [2.05, 4.69) is 17.4 Å². The van der Waals surface area contributed by atoms with Crippen LogP contribution in [0.1, 0.15) is 11.1 Å². The molecule has 0 fully saturated rings. The third-order valence-electron chi connectivity index (χ3n) is 4.18. The molecule has 1 heterocycles. The van der Waals surface area contributed by atoms with Crippen molar-refractivity contribution in [3.05, 3.63) is 59.7 Å². The number of sulfonamides is 1. The van der Waals surface area contributed by atoms with Crippen LogP contribution < -0.4 is 15.4 Å². The van der Waals surface area contributed by atoms with Crippen molar-refractivity contribution in [1.82, 2.24) is 0 Å². The second-order valence-electron chi connectivity index (χ2n) is 5.99. The first-order valence-electron chi connectivity index (χ1n) is 7.75. The SMILES string of the molecule is NS(=O)(=O)c1ccc(NC(=O)C[NH+]2CCc3ccccc3C2)cc1. The van der Waals surface area contributed by atoms with Crippen LogP contribution in [-0.2, 0) is 27.8 Å². The highest BCUT2D eigenvalue weighted by Crippen LogP contribution is 2.13. The van der Waals surface area contributed by atoms with Gasteiger partial charge in [0.2, 0.25) is 10.0 Å². The molecule has 1 unspecified atom stereocenters. The lowest BCUT2D eigenvalue weighted by atomic mass is 10.00.